The van der Waals surface area contributed by atoms with Crippen LogP contribution in [0.25, 0.3) is 10.8 Å². The lowest BCUT2D eigenvalue weighted by Crippen LogP contribution is -2.54. The zero-order valence-electron chi connectivity index (χ0n) is 27.0. The van der Waals surface area contributed by atoms with Crippen LogP contribution in [0.1, 0.15) is 62.4 Å². The number of anilines is 1. The highest BCUT2D eigenvalue weighted by atomic mass is 16.6. The summed E-state index contributed by atoms with van der Waals surface area (Å²) in [6.45, 7) is 11.4. The fourth-order valence-electron chi connectivity index (χ4n) is 5.88. The van der Waals surface area contributed by atoms with Gasteiger partial charge in [-0.25, -0.2) is 4.79 Å². The molecule has 0 radical (unpaired) electrons. The number of nitrogens with one attached hydrogen (secondary N) is 2. The largest absolute Gasteiger partial charge is 0.444 e. The summed E-state index contributed by atoms with van der Waals surface area (Å²) in [6.07, 6.45) is 0.341. The van der Waals surface area contributed by atoms with Crippen LogP contribution in [-0.2, 0) is 20.7 Å². The Bertz CT molecular complexity index is 1690. The summed E-state index contributed by atoms with van der Waals surface area (Å²) >= 11 is 0. The van der Waals surface area contributed by atoms with Crippen molar-refractivity contribution in [3.05, 3.63) is 113 Å². The van der Waals surface area contributed by atoms with E-state index >= 15 is 0 Å². The van der Waals surface area contributed by atoms with Gasteiger partial charge in [-0.3, -0.25) is 9.59 Å². The van der Waals surface area contributed by atoms with E-state index in [1.54, 1.807) is 25.7 Å². The molecule has 1 saturated carbocycles. The zero-order chi connectivity index (χ0) is 32.3. The smallest absolute Gasteiger partial charge is 0.408 e. The summed E-state index contributed by atoms with van der Waals surface area (Å²) in [4.78, 5) is 44.0. The van der Waals surface area contributed by atoms with E-state index in [9.17, 15) is 14.4 Å². The normalized spacial score (nSPS) is 17.2. The minimum absolute atomic E-state index is 0.163. The Morgan fingerprint density at radius 2 is 1.56 bits per heavy atom. The number of alkyl carbamates (subject to hydrolysis) is 1. The summed E-state index contributed by atoms with van der Waals surface area (Å²) in [7, 11) is 0. The van der Waals surface area contributed by atoms with Gasteiger partial charge in [0.05, 0.1) is 0 Å². The van der Waals surface area contributed by atoms with E-state index in [2.05, 4.69) is 17.6 Å². The molecule has 0 aromatic heterocycles. The van der Waals surface area contributed by atoms with Gasteiger partial charge in [0.25, 0.3) is 5.91 Å². The molecule has 4 atom stereocenters. The Kier molecular flexibility index (Phi) is 9.28. The molecule has 0 spiro atoms. The first-order chi connectivity index (χ1) is 21.4. The van der Waals surface area contributed by atoms with E-state index in [1.165, 1.54) is 0 Å². The van der Waals surface area contributed by atoms with Crippen LogP contribution in [0, 0.1) is 19.8 Å². The third-order valence-corrected chi connectivity index (χ3v) is 8.21. The molecule has 4 unspecified atom stereocenters. The number of carbonyl (C=O) groups excluding carboxylic acids is 3. The first kappa shape index (κ1) is 31.8. The molecular formula is C38H43N3O4. The molecule has 1 fully saturated rings. The second-order valence-corrected chi connectivity index (χ2v) is 13.2. The molecule has 0 heterocycles. The van der Waals surface area contributed by atoms with E-state index in [0.29, 0.717) is 5.69 Å². The van der Waals surface area contributed by atoms with Crippen LogP contribution in [0.5, 0.6) is 0 Å². The number of benzene rings is 4. The molecule has 234 valence electrons. The van der Waals surface area contributed by atoms with Crippen LogP contribution in [0.15, 0.2) is 91.0 Å². The number of rotatable bonds is 9. The Balaban J connectivity index is 1.55. The lowest BCUT2D eigenvalue weighted by Gasteiger charge is -2.36. The predicted molar refractivity (Wildman–Crippen MR) is 179 cm³/mol. The molecule has 1 aliphatic rings. The van der Waals surface area contributed by atoms with Gasteiger partial charge in [-0.2, -0.15) is 0 Å². The van der Waals surface area contributed by atoms with E-state index in [1.807, 2.05) is 105 Å². The number of hydrogen-bond donors (Lipinski definition) is 2. The highest BCUT2D eigenvalue weighted by Gasteiger charge is 2.48. The highest BCUT2D eigenvalue weighted by Crippen LogP contribution is 2.42. The molecule has 0 bridgehead atoms. The molecule has 1 aliphatic carbocycles. The van der Waals surface area contributed by atoms with Gasteiger partial charge < -0.3 is 20.3 Å². The summed E-state index contributed by atoms with van der Waals surface area (Å²) in [6, 6.07) is 27.3. The maximum Gasteiger partial charge on any atom is 0.408 e. The van der Waals surface area contributed by atoms with Crippen molar-refractivity contribution in [3.8, 4) is 0 Å². The van der Waals surface area contributed by atoms with Crippen LogP contribution in [0.3, 0.4) is 0 Å². The van der Waals surface area contributed by atoms with Crippen molar-refractivity contribution < 1.29 is 19.1 Å². The maximum absolute atomic E-state index is 14.8. The number of aryl methyl sites for hydroxylation is 2. The second kappa shape index (κ2) is 13.1. The number of fused-ring (bicyclic) bond motifs is 1. The number of amides is 3. The van der Waals surface area contributed by atoms with Crippen molar-refractivity contribution in [2.75, 3.05) is 5.32 Å². The molecule has 0 saturated heterocycles. The molecule has 7 heteroatoms. The number of nitrogens with zero attached hydrogens (tertiary/aromatic N) is 1. The van der Waals surface area contributed by atoms with Crippen molar-refractivity contribution in [3.63, 3.8) is 0 Å². The van der Waals surface area contributed by atoms with Crippen molar-refractivity contribution in [1.82, 2.24) is 10.2 Å². The van der Waals surface area contributed by atoms with E-state index < -0.39 is 23.8 Å². The average molecular weight is 606 g/mol. The lowest BCUT2D eigenvalue weighted by atomic mass is 9.95. The number of carbonyl (C=O) groups is 3. The summed E-state index contributed by atoms with van der Waals surface area (Å²) in [5.41, 5.74) is 3.53. The van der Waals surface area contributed by atoms with Gasteiger partial charge in [0.1, 0.15) is 17.7 Å². The fraction of sp³-hybridized carbons (Fsp3) is 0.342. The molecule has 7 nitrogen and oxygen atoms in total. The first-order valence-corrected chi connectivity index (χ1v) is 15.6. The van der Waals surface area contributed by atoms with Crippen LogP contribution in [0.4, 0.5) is 10.5 Å². The SMILES string of the molecule is Cc1ccc(C(C(=O)Nc2ccc3ccccc3c2)N(C(=O)C(Cc2ccccc2)NC(=O)OC(C)(C)C)C2CC2C)c(C)c1. The van der Waals surface area contributed by atoms with E-state index in [-0.39, 0.29) is 30.2 Å². The van der Waals surface area contributed by atoms with E-state index in [0.717, 1.165) is 39.4 Å². The van der Waals surface area contributed by atoms with Crippen molar-refractivity contribution in [2.24, 2.45) is 5.92 Å². The monoisotopic (exact) mass is 605 g/mol. The average Bonchev–Trinajstić information content (AvgIpc) is 3.70. The molecular weight excluding hydrogens is 562 g/mol. The predicted octanol–water partition coefficient (Wildman–Crippen LogP) is 7.51. The Morgan fingerprint density at radius 1 is 0.889 bits per heavy atom. The zero-order valence-corrected chi connectivity index (χ0v) is 27.0. The molecule has 4 aromatic rings. The highest BCUT2D eigenvalue weighted by molar-refractivity contribution is 6.01. The van der Waals surface area contributed by atoms with Crippen LogP contribution in [-0.4, -0.2) is 40.5 Å². The summed E-state index contributed by atoms with van der Waals surface area (Å²) in [5, 5.41) is 8.05. The number of ether oxygens (including phenoxy) is 1. The van der Waals surface area contributed by atoms with Gasteiger partial charge in [0.2, 0.25) is 5.91 Å². The van der Waals surface area contributed by atoms with Gasteiger partial charge in [-0.05, 0) is 86.6 Å². The van der Waals surface area contributed by atoms with Crippen molar-refractivity contribution in [1.29, 1.82) is 0 Å². The molecule has 45 heavy (non-hydrogen) atoms. The Morgan fingerprint density at radius 3 is 2.20 bits per heavy atom. The fourth-order valence-corrected chi connectivity index (χ4v) is 5.88. The van der Waals surface area contributed by atoms with Crippen LogP contribution < -0.4 is 10.6 Å². The number of hydrogen-bond acceptors (Lipinski definition) is 4. The van der Waals surface area contributed by atoms with Crippen LogP contribution in [0.2, 0.25) is 0 Å². The van der Waals surface area contributed by atoms with Gasteiger partial charge in [-0.15, -0.1) is 0 Å². The molecule has 5 rings (SSSR count). The Hall–Kier alpha value is -4.65. The maximum atomic E-state index is 14.8. The van der Waals surface area contributed by atoms with Gasteiger partial charge >= 0.3 is 6.09 Å². The van der Waals surface area contributed by atoms with Gasteiger partial charge in [0.15, 0.2) is 0 Å². The van der Waals surface area contributed by atoms with E-state index in [4.69, 9.17) is 4.74 Å². The van der Waals surface area contributed by atoms with Crippen molar-refractivity contribution in [2.45, 2.75) is 78.1 Å². The standard InChI is InChI=1S/C38H43N3O4/c1-24-16-19-31(25(2)20-24)34(35(42)39-30-18-17-28-14-10-11-15-29(28)23-30)41(33-21-26(33)3)36(43)32(22-27-12-8-7-9-13-27)40-37(44)45-38(4,5)6/h7-20,23,26,32-34H,21-22H2,1-6H3,(H,39,42)(H,40,44). The topological polar surface area (TPSA) is 87.7 Å². The molecule has 2 N–H and O–H groups in total. The van der Waals surface area contributed by atoms with Gasteiger partial charge in [-0.1, -0.05) is 91.3 Å². The summed E-state index contributed by atoms with van der Waals surface area (Å²) in [5.74, 6) is -0.423. The molecule has 0 aliphatic heterocycles. The third kappa shape index (κ3) is 7.90. The van der Waals surface area contributed by atoms with Crippen molar-refractivity contribution >= 4 is 34.4 Å². The van der Waals surface area contributed by atoms with Crippen LogP contribution >= 0.6 is 0 Å². The first-order valence-electron chi connectivity index (χ1n) is 15.6. The molecule has 4 aromatic carbocycles. The van der Waals surface area contributed by atoms with Gasteiger partial charge in [0, 0.05) is 18.2 Å². The Labute approximate surface area is 266 Å². The third-order valence-electron chi connectivity index (χ3n) is 8.21. The minimum Gasteiger partial charge on any atom is -0.444 e. The minimum atomic E-state index is -0.947. The second-order valence-electron chi connectivity index (χ2n) is 13.2. The quantitative estimate of drug-likeness (QED) is 0.207. The summed E-state index contributed by atoms with van der Waals surface area (Å²) < 4.78 is 5.57. The lowest BCUT2D eigenvalue weighted by molar-refractivity contribution is -0.141. The molecule has 3 amide bonds.